The number of nitrogens with zero attached hydrogens (tertiary/aromatic N) is 2. The van der Waals surface area contributed by atoms with Crippen LogP contribution in [0.5, 0.6) is 0 Å². The Balaban J connectivity index is 1.92. The van der Waals surface area contributed by atoms with Crippen LogP contribution in [-0.4, -0.2) is 28.5 Å². The molecule has 1 atom stereocenters. The molecule has 1 unspecified atom stereocenters. The first-order chi connectivity index (χ1) is 6.45. The molecular formula is C11H17N2+. The fourth-order valence-corrected chi connectivity index (χ4v) is 2.82. The summed E-state index contributed by atoms with van der Waals surface area (Å²) in [5.74, 6) is 0. The van der Waals surface area contributed by atoms with E-state index in [0.29, 0.717) is 0 Å². The minimum atomic E-state index is 0.769. The van der Waals surface area contributed by atoms with Gasteiger partial charge in [0.25, 0.3) is 0 Å². The van der Waals surface area contributed by atoms with E-state index >= 15 is 0 Å². The third kappa shape index (κ3) is 1.11. The highest BCUT2D eigenvalue weighted by Gasteiger charge is 2.38. The summed E-state index contributed by atoms with van der Waals surface area (Å²) in [6, 6.07) is 0.769. The van der Waals surface area contributed by atoms with E-state index in [2.05, 4.69) is 22.1 Å². The van der Waals surface area contributed by atoms with Crippen molar-refractivity contribution in [3.8, 4) is 0 Å². The van der Waals surface area contributed by atoms with E-state index in [0.717, 1.165) is 6.04 Å². The molecule has 3 rings (SSSR count). The first-order valence-corrected chi connectivity index (χ1v) is 5.54. The topological polar surface area (TPSA) is 6.25 Å². The third-order valence-electron chi connectivity index (χ3n) is 3.48. The van der Waals surface area contributed by atoms with Crippen molar-refractivity contribution in [2.24, 2.45) is 0 Å². The molecule has 0 saturated heterocycles. The molecule has 0 aromatic heterocycles. The smallest absolute Gasteiger partial charge is 0.174 e. The molecule has 2 nitrogen and oxygen atoms in total. The van der Waals surface area contributed by atoms with E-state index in [1.165, 1.54) is 45.1 Å². The number of hydrazine groups is 1. The van der Waals surface area contributed by atoms with Crippen LogP contribution in [0.25, 0.3) is 0 Å². The third-order valence-corrected chi connectivity index (χ3v) is 3.48. The Morgan fingerprint density at radius 3 is 3.31 bits per heavy atom. The van der Waals surface area contributed by atoms with Crippen LogP contribution in [0.2, 0.25) is 0 Å². The average Bonchev–Trinajstić information content (AvgIpc) is 2.56. The molecule has 0 bridgehead atoms. The minimum Gasteiger partial charge on any atom is -0.174 e. The van der Waals surface area contributed by atoms with Crippen LogP contribution in [0.4, 0.5) is 0 Å². The van der Waals surface area contributed by atoms with Gasteiger partial charge in [-0.05, 0) is 25.7 Å². The van der Waals surface area contributed by atoms with Crippen molar-refractivity contribution in [3.05, 3.63) is 11.8 Å². The second kappa shape index (κ2) is 2.86. The minimum absolute atomic E-state index is 0.769. The Hall–Kier alpha value is -0.790. The zero-order valence-electron chi connectivity index (χ0n) is 8.08. The van der Waals surface area contributed by atoms with Gasteiger partial charge < -0.3 is 0 Å². The molecule has 0 amide bonds. The number of hydrazone groups is 1. The maximum Gasteiger partial charge on any atom is 0.200 e. The van der Waals surface area contributed by atoms with Crippen LogP contribution < -0.4 is 0 Å². The molecule has 0 aromatic carbocycles. The van der Waals surface area contributed by atoms with Crippen molar-refractivity contribution < 1.29 is 4.68 Å². The largest absolute Gasteiger partial charge is 0.200 e. The summed E-state index contributed by atoms with van der Waals surface area (Å²) in [6.45, 7) is 1.27. The molecule has 1 fully saturated rings. The summed E-state index contributed by atoms with van der Waals surface area (Å²) >= 11 is 0. The summed E-state index contributed by atoms with van der Waals surface area (Å²) in [5, 5.41) is 2.55. The lowest BCUT2D eigenvalue weighted by Gasteiger charge is -2.27. The van der Waals surface area contributed by atoms with Gasteiger partial charge in [-0.1, -0.05) is 11.1 Å². The van der Waals surface area contributed by atoms with Gasteiger partial charge in [0.05, 0.1) is 6.54 Å². The maximum atomic E-state index is 2.55. The van der Waals surface area contributed by atoms with Crippen LogP contribution in [0.1, 0.15) is 38.5 Å². The molecule has 0 aromatic rings. The van der Waals surface area contributed by atoms with Crippen molar-refractivity contribution in [2.45, 2.75) is 44.6 Å². The predicted molar refractivity (Wildman–Crippen MR) is 52.6 cm³/mol. The monoisotopic (exact) mass is 177 g/mol. The molecular weight excluding hydrogens is 160 g/mol. The van der Waals surface area contributed by atoms with Crippen molar-refractivity contribution >= 4 is 6.21 Å². The predicted octanol–water partition coefficient (Wildman–Crippen LogP) is 1.92. The number of rotatable bonds is 0. The van der Waals surface area contributed by atoms with Gasteiger partial charge in [0.15, 0.2) is 6.21 Å². The number of hydrogen-bond acceptors (Lipinski definition) is 1. The van der Waals surface area contributed by atoms with E-state index in [9.17, 15) is 0 Å². The Labute approximate surface area is 79.5 Å². The van der Waals surface area contributed by atoms with Crippen molar-refractivity contribution in [1.29, 1.82) is 0 Å². The second-order valence-corrected chi connectivity index (χ2v) is 4.33. The first-order valence-electron chi connectivity index (χ1n) is 5.54. The van der Waals surface area contributed by atoms with Gasteiger partial charge >= 0.3 is 0 Å². The fourth-order valence-electron chi connectivity index (χ4n) is 2.82. The molecule has 2 heterocycles. The summed E-state index contributed by atoms with van der Waals surface area (Å²) in [7, 11) is 0. The molecule has 0 radical (unpaired) electrons. The van der Waals surface area contributed by atoms with Crippen LogP contribution in [0.15, 0.2) is 11.8 Å². The Morgan fingerprint density at radius 1 is 1.31 bits per heavy atom. The second-order valence-electron chi connectivity index (χ2n) is 4.33. The fraction of sp³-hybridized carbons (Fsp3) is 0.727. The lowest BCUT2D eigenvalue weighted by molar-refractivity contribution is -0.633. The van der Waals surface area contributed by atoms with Gasteiger partial charge in [-0.3, -0.25) is 0 Å². The highest BCUT2D eigenvalue weighted by molar-refractivity contribution is 5.52. The number of hydrogen-bond donors (Lipinski definition) is 0. The summed E-state index contributed by atoms with van der Waals surface area (Å²) in [5.41, 5.74) is 1.68. The lowest BCUT2D eigenvalue weighted by Crippen LogP contribution is -2.41. The van der Waals surface area contributed by atoms with Crippen LogP contribution >= 0.6 is 0 Å². The molecule has 1 saturated carbocycles. The SMILES string of the molecule is C1=C2CCCCC2N2CCCC=[N+]12. The molecule has 70 valence electrons. The normalized spacial score (nSPS) is 32.0. The van der Waals surface area contributed by atoms with Gasteiger partial charge in [-0.2, -0.15) is 5.01 Å². The van der Waals surface area contributed by atoms with E-state index < -0.39 is 0 Å². The summed E-state index contributed by atoms with van der Waals surface area (Å²) < 4.78 is 2.36. The summed E-state index contributed by atoms with van der Waals surface area (Å²) in [4.78, 5) is 0. The van der Waals surface area contributed by atoms with E-state index in [1.54, 1.807) is 5.57 Å². The molecule has 2 heteroatoms. The Bertz CT molecular complexity index is 278. The van der Waals surface area contributed by atoms with Gasteiger partial charge in [0.2, 0.25) is 6.20 Å². The molecule has 0 spiro atoms. The van der Waals surface area contributed by atoms with Crippen LogP contribution in [-0.2, 0) is 0 Å². The van der Waals surface area contributed by atoms with E-state index in [4.69, 9.17) is 0 Å². The van der Waals surface area contributed by atoms with E-state index in [1.807, 2.05) is 0 Å². The molecule has 13 heavy (non-hydrogen) atoms. The number of fused-ring (bicyclic) bond motifs is 3. The average molecular weight is 177 g/mol. The van der Waals surface area contributed by atoms with Crippen LogP contribution in [0, 0.1) is 0 Å². The highest BCUT2D eigenvalue weighted by atomic mass is 15.6. The highest BCUT2D eigenvalue weighted by Crippen LogP contribution is 2.33. The Morgan fingerprint density at radius 2 is 2.31 bits per heavy atom. The lowest BCUT2D eigenvalue weighted by atomic mass is 9.91. The standard InChI is InChI=1S/C11H17N2/c1-2-6-11-10(5-1)9-12-7-3-4-8-13(11)12/h7,9,11H,1-6,8H2/q+1. The Kier molecular flexibility index (Phi) is 1.67. The van der Waals surface area contributed by atoms with Gasteiger partial charge in [-0.25, -0.2) is 0 Å². The van der Waals surface area contributed by atoms with Gasteiger partial charge in [0, 0.05) is 12.0 Å². The summed E-state index contributed by atoms with van der Waals surface area (Å²) in [6.07, 6.45) is 12.9. The first kappa shape index (κ1) is 7.60. The zero-order valence-corrected chi connectivity index (χ0v) is 8.08. The molecule has 0 N–H and O–H groups in total. The van der Waals surface area contributed by atoms with Crippen LogP contribution in [0.3, 0.4) is 0 Å². The van der Waals surface area contributed by atoms with Crippen molar-refractivity contribution in [2.75, 3.05) is 6.54 Å². The van der Waals surface area contributed by atoms with Crippen molar-refractivity contribution in [1.82, 2.24) is 5.01 Å². The van der Waals surface area contributed by atoms with Crippen molar-refractivity contribution in [3.63, 3.8) is 0 Å². The molecule has 2 aliphatic heterocycles. The maximum absolute atomic E-state index is 2.55. The molecule has 3 aliphatic rings. The van der Waals surface area contributed by atoms with E-state index in [-0.39, 0.29) is 0 Å². The van der Waals surface area contributed by atoms with Gasteiger partial charge in [0.1, 0.15) is 6.04 Å². The van der Waals surface area contributed by atoms with Gasteiger partial charge in [-0.15, -0.1) is 0 Å². The quantitative estimate of drug-likeness (QED) is 0.512. The zero-order chi connectivity index (χ0) is 8.67. The molecule has 1 aliphatic carbocycles.